The average Bonchev–Trinajstić information content (AvgIpc) is 3.13. The molecule has 2 aliphatic rings. The first kappa shape index (κ1) is 28.7. The van der Waals surface area contributed by atoms with Gasteiger partial charge in [0.05, 0.1) is 16.8 Å². The van der Waals surface area contributed by atoms with E-state index in [1.807, 2.05) is 0 Å². The quantitative estimate of drug-likeness (QED) is 0.120. The minimum absolute atomic E-state index is 0.0358. The molecule has 0 spiro atoms. The number of imide groups is 1. The van der Waals surface area contributed by atoms with E-state index in [0.29, 0.717) is 17.9 Å². The van der Waals surface area contributed by atoms with Gasteiger partial charge in [-0.05, 0) is 55.7 Å². The van der Waals surface area contributed by atoms with Gasteiger partial charge in [0.15, 0.2) is 5.78 Å². The molecule has 4 rings (SSSR count). The standard InChI is InChI=1S/C25H21Br2Cl2N3O6/c26-19-11-17-18(12-20(19)27)25(36)31(24(17)35)30(23(34)14-3-7-16(8-4-14)32(37)38)21(9-10-28)22(33)13-1-5-15(29)6-2-13/h1-8,17-21H,9-12H2/t17-,18-,19+,20+,21+/m1/s1. The molecule has 1 aliphatic carbocycles. The van der Waals surface area contributed by atoms with Gasteiger partial charge >= 0.3 is 0 Å². The summed E-state index contributed by atoms with van der Waals surface area (Å²) in [5.74, 6) is -3.92. The van der Waals surface area contributed by atoms with Crippen LogP contribution >= 0.6 is 55.1 Å². The van der Waals surface area contributed by atoms with Crippen LogP contribution in [-0.4, -0.2) is 60.0 Å². The number of ketones is 1. The lowest BCUT2D eigenvalue weighted by molar-refractivity contribution is -0.384. The molecule has 9 nitrogen and oxygen atoms in total. The fraction of sp³-hybridized carbons (Fsp3) is 0.360. The van der Waals surface area contributed by atoms with E-state index < -0.39 is 46.3 Å². The smallest absolute Gasteiger partial charge is 0.273 e. The first-order chi connectivity index (χ1) is 18.0. The van der Waals surface area contributed by atoms with Crippen LogP contribution in [0.4, 0.5) is 5.69 Å². The molecule has 0 bridgehead atoms. The molecule has 0 radical (unpaired) electrons. The summed E-state index contributed by atoms with van der Waals surface area (Å²) in [4.78, 5) is 65.3. The number of amides is 3. The highest BCUT2D eigenvalue weighted by molar-refractivity contribution is 9.12. The van der Waals surface area contributed by atoms with Crippen LogP contribution in [0.5, 0.6) is 0 Å². The molecule has 2 fully saturated rings. The van der Waals surface area contributed by atoms with Gasteiger partial charge in [0.2, 0.25) is 0 Å². The van der Waals surface area contributed by atoms with Gasteiger partial charge in [-0.15, -0.1) is 11.6 Å². The van der Waals surface area contributed by atoms with E-state index in [1.165, 1.54) is 36.4 Å². The number of benzene rings is 2. The molecular weight excluding hydrogens is 669 g/mol. The molecule has 1 aliphatic heterocycles. The molecule has 2 aromatic carbocycles. The minimum Gasteiger partial charge on any atom is -0.292 e. The van der Waals surface area contributed by atoms with Crippen molar-refractivity contribution in [2.24, 2.45) is 11.8 Å². The average molecular weight is 690 g/mol. The highest BCUT2D eigenvalue weighted by Crippen LogP contribution is 2.44. The van der Waals surface area contributed by atoms with Crippen LogP contribution < -0.4 is 0 Å². The van der Waals surface area contributed by atoms with Gasteiger partial charge in [-0.25, -0.2) is 5.01 Å². The Morgan fingerprint density at radius 3 is 1.95 bits per heavy atom. The van der Waals surface area contributed by atoms with Gasteiger partial charge in [-0.3, -0.25) is 29.3 Å². The minimum atomic E-state index is -1.30. The number of nitro benzene ring substituents is 1. The lowest BCUT2D eigenvalue weighted by Crippen LogP contribution is -2.57. The summed E-state index contributed by atoms with van der Waals surface area (Å²) < 4.78 is 0. The molecule has 0 aromatic heterocycles. The van der Waals surface area contributed by atoms with E-state index in [9.17, 15) is 29.3 Å². The number of nitro groups is 1. The van der Waals surface area contributed by atoms with Crippen LogP contribution in [0.3, 0.4) is 0 Å². The summed E-state index contributed by atoms with van der Waals surface area (Å²) in [6.07, 6.45) is 0.676. The lowest BCUT2D eigenvalue weighted by atomic mass is 9.81. The second kappa shape index (κ2) is 11.8. The molecule has 5 atom stereocenters. The molecule has 1 heterocycles. The fourth-order valence-electron chi connectivity index (χ4n) is 4.79. The van der Waals surface area contributed by atoms with Gasteiger partial charge in [0, 0.05) is 43.8 Å². The summed E-state index contributed by atoms with van der Waals surface area (Å²) in [5, 5.41) is 13.2. The number of non-ortho nitro benzene ring substituents is 1. The summed E-state index contributed by atoms with van der Waals surface area (Å²) in [5.41, 5.74) is -0.0661. The van der Waals surface area contributed by atoms with Crippen molar-refractivity contribution in [1.29, 1.82) is 0 Å². The molecule has 38 heavy (non-hydrogen) atoms. The number of hydrazine groups is 1. The Kier molecular flexibility index (Phi) is 8.91. The number of hydrogen-bond acceptors (Lipinski definition) is 6. The largest absolute Gasteiger partial charge is 0.292 e. The third kappa shape index (κ3) is 5.52. The number of alkyl halides is 3. The van der Waals surface area contributed by atoms with Crippen molar-refractivity contribution in [1.82, 2.24) is 10.0 Å². The zero-order chi connectivity index (χ0) is 27.7. The number of fused-ring (bicyclic) bond motifs is 1. The number of carbonyl (C=O) groups excluding carboxylic acids is 4. The van der Waals surface area contributed by atoms with Crippen molar-refractivity contribution in [2.45, 2.75) is 35.0 Å². The van der Waals surface area contributed by atoms with Crippen LogP contribution in [0, 0.1) is 22.0 Å². The lowest BCUT2D eigenvalue weighted by Gasteiger charge is -2.36. The van der Waals surface area contributed by atoms with Crippen molar-refractivity contribution >= 4 is 84.3 Å². The molecule has 1 saturated carbocycles. The second-order valence-corrected chi connectivity index (χ2v) is 12.2. The highest BCUT2D eigenvalue weighted by atomic mass is 79.9. The number of hydrogen-bond donors (Lipinski definition) is 0. The Labute approximate surface area is 244 Å². The predicted octanol–water partition coefficient (Wildman–Crippen LogP) is 5.41. The maximum absolute atomic E-state index is 13.9. The summed E-state index contributed by atoms with van der Waals surface area (Å²) in [6, 6.07) is 9.42. The molecule has 13 heteroatoms. The molecule has 3 amide bonds. The molecule has 0 N–H and O–H groups in total. The van der Waals surface area contributed by atoms with Crippen molar-refractivity contribution in [3.63, 3.8) is 0 Å². The number of carbonyl (C=O) groups is 4. The third-order valence-corrected chi connectivity index (χ3v) is 9.95. The summed E-state index contributed by atoms with van der Waals surface area (Å²) in [7, 11) is 0. The monoisotopic (exact) mass is 687 g/mol. The Bertz CT molecular complexity index is 1250. The molecular formula is C25H21Br2Cl2N3O6. The molecule has 0 unspecified atom stereocenters. The van der Waals surface area contributed by atoms with Crippen LogP contribution in [-0.2, 0) is 9.59 Å². The van der Waals surface area contributed by atoms with Crippen molar-refractivity contribution in [3.05, 3.63) is 74.8 Å². The second-order valence-electron chi connectivity index (χ2n) is 9.02. The molecule has 2 aromatic rings. The van der Waals surface area contributed by atoms with E-state index in [0.717, 1.165) is 22.2 Å². The van der Waals surface area contributed by atoms with Gasteiger partial charge in [0.1, 0.15) is 6.04 Å². The van der Waals surface area contributed by atoms with E-state index in [2.05, 4.69) is 31.9 Å². The number of Topliss-reactive ketones (excluding diaryl/α,β-unsaturated/α-hetero) is 1. The Hall–Kier alpha value is -2.34. The molecule has 200 valence electrons. The summed E-state index contributed by atoms with van der Waals surface area (Å²) >= 11 is 19.1. The Balaban J connectivity index is 1.80. The number of halogens is 4. The topological polar surface area (TPSA) is 118 Å². The Morgan fingerprint density at radius 2 is 1.47 bits per heavy atom. The van der Waals surface area contributed by atoms with Gasteiger partial charge in [0.25, 0.3) is 23.4 Å². The van der Waals surface area contributed by atoms with E-state index in [-0.39, 0.29) is 38.8 Å². The van der Waals surface area contributed by atoms with Crippen LogP contribution in [0.25, 0.3) is 0 Å². The van der Waals surface area contributed by atoms with Crippen LogP contribution in [0.2, 0.25) is 5.02 Å². The van der Waals surface area contributed by atoms with Crippen molar-refractivity contribution < 1.29 is 24.1 Å². The zero-order valence-electron chi connectivity index (χ0n) is 19.6. The van der Waals surface area contributed by atoms with E-state index >= 15 is 0 Å². The summed E-state index contributed by atoms with van der Waals surface area (Å²) in [6.45, 7) is 0. The predicted molar refractivity (Wildman–Crippen MR) is 148 cm³/mol. The van der Waals surface area contributed by atoms with Gasteiger partial charge in [-0.1, -0.05) is 43.5 Å². The normalized spacial score (nSPS) is 23.6. The zero-order valence-corrected chi connectivity index (χ0v) is 24.3. The maximum atomic E-state index is 13.9. The SMILES string of the molecule is O=C(c1ccc(Cl)cc1)[C@H](CCCl)N(C(=O)c1ccc([N+](=O)[O-])cc1)N1C(=O)[C@@H]2C[C@H](Br)[C@@H](Br)C[C@H]2C1=O. The van der Waals surface area contributed by atoms with E-state index in [1.54, 1.807) is 0 Å². The fourth-order valence-corrected chi connectivity index (χ4v) is 6.36. The van der Waals surface area contributed by atoms with Crippen molar-refractivity contribution in [3.8, 4) is 0 Å². The van der Waals surface area contributed by atoms with E-state index in [4.69, 9.17) is 23.2 Å². The van der Waals surface area contributed by atoms with Crippen molar-refractivity contribution in [2.75, 3.05) is 5.88 Å². The first-order valence-electron chi connectivity index (χ1n) is 11.6. The van der Waals surface area contributed by atoms with Crippen LogP contribution in [0.1, 0.15) is 40.0 Å². The molecule has 1 saturated heterocycles. The number of rotatable bonds is 8. The first-order valence-corrected chi connectivity index (χ1v) is 14.4. The number of nitrogens with zero attached hydrogens (tertiary/aromatic N) is 3. The van der Waals surface area contributed by atoms with Gasteiger partial charge in [-0.2, -0.15) is 5.01 Å². The van der Waals surface area contributed by atoms with Crippen LogP contribution in [0.15, 0.2) is 48.5 Å². The van der Waals surface area contributed by atoms with Gasteiger partial charge < -0.3 is 0 Å². The maximum Gasteiger partial charge on any atom is 0.273 e. The highest BCUT2D eigenvalue weighted by Gasteiger charge is 2.56. The third-order valence-electron chi connectivity index (χ3n) is 6.75. The Morgan fingerprint density at radius 1 is 0.974 bits per heavy atom.